The fraction of sp³-hybridized carbons (Fsp3) is 0.133. The van der Waals surface area contributed by atoms with Crippen molar-refractivity contribution in [2.24, 2.45) is 0 Å². The second-order valence-corrected chi connectivity index (χ2v) is 5.41. The van der Waals surface area contributed by atoms with Gasteiger partial charge in [-0.25, -0.2) is 0 Å². The van der Waals surface area contributed by atoms with E-state index in [0.29, 0.717) is 6.42 Å². The zero-order valence-corrected chi connectivity index (χ0v) is 12.0. The van der Waals surface area contributed by atoms with Gasteiger partial charge in [0.15, 0.2) is 5.78 Å². The zero-order valence-electron chi connectivity index (χ0n) is 9.70. The molecule has 0 N–H and O–H groups in total. The molecule has 3 heteroatoms. The van der Waals surface area contributed by atoms with Crippen LogP contribution in [0.25, 0.3) is 0 Å². The predicted octanol–water partition coefficient (Wildman–Crippen LogP) is 4.92. The molecule has 2 aromatic carbocycles. The molecule has 0 atom stereocenters. The van der Waals surface area contributed by atoms with Gasteiger partial charge in [0.2, 0.25) is 0 Å². The highest BCUT2D eigenvalue weighted by atomic mass is 79.9. The van der Waals surface area contributed by atoms with Gasteiger partial charge < -0.3 is 0 Å². The third kappa shape index (κ3) is 3.69. The van der Waals surface area contributed by atoms with Crippen LogP contribution in [0.5, 0.6) is 0 Å². The Bertz CT molecular complexity index is 549. The molecular weight excluding hydrogens is 312 g/mol. The second kappa shape index (κ2) is 6.17. The zero-order chi connectivity index (χ0) is 13.0. The van der Waals surface area contributed by atoms with Gasteiger partial charge in [0.05, 0.1) is 0 Å². The molecular formula is C15H12BrClO. The quantitative estimate of drug-likeness (QED) is 0.730. The summed E-state index contributed by atoms with van der Waals surface area (Å²) in [5, 5.41) is 0.720. The lowest BCUT2D eigenvalue weighted by Gasteiger charge is -2.02. The van der Waals surface area contributed by atoms with Crippen LogP contribution in [0.15, 0.2) is 53.0 Å². The van der Waals surface area contributed by atoms with Crippen LogP contribution in [0.2, 0.25) is 5.02 Å². The summed E-state index contributed by atoms with van der Waals surface area (Å²) < 4.78 is 0.930. The number of ketones is 1. The first-order valence-corrected chi connectivity index (χ1v) is 6.85. The van der Waals surface area contributed by atoms with Crippen LogP contribution in [0.4, 0.5) is 0 Å². The Morgan fingerprint density at radius 2 is 1.83 bits per heavy atom. The summed E-state index contributed by atoms with van der Waals surface area (Å²) in [4.78, 5) is 12.0. The van der Waals surface area contributed by atoms with E-state index in [9.17, 15) is 4.79 Å². The van der Waals surface area contributed by atoms with Crippen molar-refractivity contribution in [3.63, 3.8) is 0 Å². The van der Waals surface area contributed by atoms with Gasteiger partial charge in [0, 0.05) is 21.5 Å². The third-order valence-corrected chi connectivity index (χ3v) is 3.45. The highest BCUT2D eigenvalue weighted by molar-refractivity contribution is 9.10. The van der Waals surface area contributed by atoms with Gasteiger partial charge in [-0.05, 0) is 36.2 Å². The van der Waals surface area contributed by atoms with Crippen LogP contribution in [-0.2, 0) is 6.42 Å². The van der Waals surface area contributed by atoms with Crippen LogP contribution in [0, 0.1) is 0 Å². The summed E-state index contributed by atoms with van der Waals surface area (Å²) in [5.41, 5.74) is 1.88. The van der Waals surface area contributed by atoms with Crippen molar-refractivity contribution in [1.82, 2.24) is 0 Å². The number of hydrogen-bond donors (Lipinski definition) is 0. The summed E-state index contributed by atoms with van der Waals surface area (Å²) in [7, 11) is 0. The van der Waals surface area contributed by atoms with Crippen molar-refractivity contribution in [2.45, 2.75) is 12.8 Å². The van der Waals surface area contributed by atoms with E-state index in [1.54, 1.807) is 0 Å². The van der Waals surface area contributed by atoms with Gasteiger partial charge in [0.1, 0.15) is 0 Å². The van der Waals surface area contributed by atoms with Crippen molar-refractivity contribution in [3.05, 3.63) is 69.2 Å². The van der Waals surface area contributed by atoms with Gasteiger partial charge >= 0.3 is 0 Å². The Morgan fingerprint density at radius 3 is 2.50 bits per heavy atom. The highest BCUT2D eigenvalue weighted by Crippen LogP contribution is 2.15. The minimum absolute atomic E-state index is 0.159. The van der Waals surface area contributed by atoms with Crippen LogP contribution in [0.1, 0.15) is 22.3 Å². The lowest BCUT2D eigenvalue weighted by atomic mass is 10.0. The molecule has 0 bridgehead atoms. The molecule has 0 aliphatic heterocycles. The molecule has 2 aromatic rings. The van der Waals surface area contributed by atoms with Crippen molar-refractivity contribution < 1.29 is 4.79 Å². The third-order valence-electron chi connectivity index (χ3n) is 2.70. The average molecular weight is 324 g/mol. The molecule has 0 spiro atoms. The predicted molar refractivity (Wildman–Crippen MR) is 78.2 cm³/mol. The van der Waals surface area contributed by atoms with Crippen LogP contribution >= 0.6 is 27.5 Å². The molecule has 92 valence electrons. The Kier molecular flexibility index (Phi) is 4.56. The molecule has 0 radical (unpaired) electrons. The summed E-state index contributed by atoms with van der Waals surface area (Å²) in [6, 6.07) is 15.1. The van der Waals surface area contributed by atoms with Gasteiger partial charge in [-0.3, -0.25) is 4.79 Å². The summed E-state index contributed by atoms with van der Waals surface area (Å²) in [6.07, 6.45) is 1.25. The van der Waals surface area contributed by atoms with Crippen LogP contribution < -0.4 is 0 Å². The lowest BCUT2D eigenvalue weighted by Crippen LogP contribution is -2.01. The fourth-order valence-corrected chi connectivity index (χ4v) is 2.24. The van der Waals surface area contributed by atoms with Crippen molar-refractivity contribution in [3.8, 4) is 0 Å². The Labute approximate surface area is 120 Å². The largest absolute Gasteiger partial charge is 0.294 e. The average Bonchev–Trinajstić information content (AvgIpc) is 2.38. The molecule has 0 aromatic heterocycles. The summed E-state index contributed by atoms with van der Waals surface area (Å²) in [6.45, 7) is 0. The van der Waals surface area contributed by atoms with E-state index >= 15 is 0 Å². The summed E-state index contributed by atoms with van der Waals surface area (Å²) >= 11 is 9.18. The fourth-order valence-electron chi connectivity index (χ4n) is 1.72. The van der Waals surface area contributed by atoms with E-state index in [0.717, 1.165) is 27.0 Å². The van der Waals surface area contributed by atoms with Gasteiger partial charge in [-0.2, -0.15) is 0 Å². The Hall–Kier alpha value is -1.12. The second-order valence-electron chi connectivity index (χ2n) is 4.06. The molecule has 0 unspecified atom stereocenters. The van der Waals surface area contributed by atoms with E-state index in [1.165, 1.54) is 0 Å². The smallest absolute Gasteiger partial charge is 0.163 e. The number of benzene rings is 2. The van der Waals surface area contributed by atoms with Crippen LogP contribution in [0.3, 0.4) is 0 Å². The van der Waals surface area contributed by atoms with E-state index in [-0.39, 0.29) is 5.78 Å². The van der Waals surface area contributed by atoms with Gasteiger partial charge in [-0.1, -0.05) is 51.8 Å². The number of rotatable bonds is 4. The van der Waals surface area contributed by atoms with E-state index < -0.39 is 0 Å². The maximum Gasteiger partial charge on any atom is 0.163 e. The molecule has 0 aliphatic carbocycles. The molecule has 1 nitrogen and oxygen atoms in total. The van der Waals surface area contributed by atoms with Crippen molar-refractivity contribution in [2.75, 3.05) is 0 Å². The first-order valence-electron chi connectivity index (χ1n) is 5.68. The minimum Gasteiger partial charge on any atom is -0.294 e. The van der Waals surface area contributed by atoms with Crippen molar-refractivity contribution >= 4 is 33.3 Å². The Balaban J connectivity index is 1.98. The Morgan fingerprint density at radius 1 is 1.11 bits per heavy atom. The van der Waals surface area contributed by atoms with Gasteiger partial charge in [0.25, 0.3) is 0 Å². The topological polar surface area (TPSA) is 17.1 Å². The standard InChI is InChI=1S/C15H12BrClO/c16-13-3-1-2-12(10-13)15(18)9-6-11-4-7-14(17)8-5-11/h1-5,7-8,10H,6,9H2. The van der Waals surface area contributed by atoms with E-state index in [4.69, 9.17) is 11.6 Å². The number of halogens is 2. The monoisotopic (exact) mass is 322 g/mol. The molecule has 0 amide bonds. The lowest BCUT2D eigenvalue weighted by molar-refractivity contribution is 0.0983. The highest BCUT2D eigenvalue weighted by Gasteiger charge is 2.06. The normalized spacial score (nSPS) is 10.3. The molecule has 0 saturated carbocycles. The van der Waals surface area contributed by atoms with E-state index in [2.05, 4.69) is 15.9 Å². The first-order chi connectivity index (χ1) is 8.65. The minimum atomic E-state index is 0.159. The van der Waals surface area contributed by atoms with E-state index in [1.807, 2.05) is 48.5 Å². The molecule has 0 aliphatic rings. The molecule has 0 fully saturated rings. The molecule has 2 rings (SSSR count). The van der Waals surface area contributed by atoms with Gasteiger partial charge in [-0.15, -0.1) is 0 Å². The SMILES string of the molecule is O=C(CCc1ccc(Cl)cc1)c1cccc(Br)c1. The first kappa shape index (κ1) is 13.3. The number of aryl methyl sites for hydroxylation is 1. The maximum atomic E-state index is 12.0. The molecule has 0 heterocycles. The number of carbonyl (C=O) groups is 1. The maximum absolute atomic E-state index is 12.0. The summed E-state index contributed by atoms with van der Waals surface area (Å²) in [5.74, 6) is 0.159. The van der Waals surface area contributed by atoms with Crippen LogP contribution in [-0.4, -0.2) is 5.78 Å². The molecule has 0 saturated heterocycles. The van der Waals surface area contributed by atoms with Crippen molar-refractivity contribution in [1.29, 1.82) is 0 Å². The number of hydrogen-bond acceptors (Lipinski definition) is 1. The number of carbonyl (C=O) groups excluding carboxylic acids is 1. The molecule has 18 heavy (non-hydrogen) atoms. The number of Topliss-reactive ketones (excluding diaryl/α,β-unsaturated/α-hetero) is 1.